The molecule has 0 aliphatic rings. The Labute approximate surface area is 171 Å². The van der Waals surface area contributed by atoms with Gasteiger partial charge in [0.25, 0.3) is 11.8 Å². The summed E-state index contributed by atoms with van der Waals surface area (Å²) >= 11 is 0. The van der Waals surface area contributed by atoms with Gasteiger partial charge in [-0.3, -0.25) is 9.59 Å². The van der Waals surface area contributed by atoms with Crippen molar-refractivity contribution in [2.24, 2.45) is 0 Å². The minimum absolute atomic E-state index is 0.103. The fourth-order valence-corrected chi connectivity index (χ4v) is 3.19. The molecule has 3 aromatic rings. The second kappa shape index (κ2) is 9.24. The number of anilines is 1. The summed E-state index contributed by atoms with van der Waals surface area (Å²) < 4.78 is 5.84. The number of benzene rings is 3. The van der Waals surface area contributed by atoms with Crippen molar-refractivity contribution in [3.63, 3.8) is 0 Å². The lowest BCUT2D eigenvalue weighted by atomic mass is 10.1. The number of amides is 2. The molecule has 3 rings (SSSR count). The van der Waals surface area contributed by atoms with E-state index in [1.165, 1.54) is 0 Å². The van der Waals surface area contributed by atoms with Gasteiger partial charge in [-0.25, -0.2) is 0 Å². The minimum atomic E-state index is -0.715. The average molecular weight is 390 g/mol. The third-order valence-electron chi connectivity index (χ3n) is 4.87. The molecule has 0 bridgehead atoms. The van der Waals surface area contributed by atoms with E-state index in [1.807, 2.05) is 56.3 Å². The molecule has 1 N–H and O–H groups in total. The maximum absolute atomic E-state index is 12.7. The Kier molecular flexibility index (Phi) is 6.50. The van der Waals surface area contributed by atoms with Gasteiger partial charge >= 0.3 is 0 Å². The highest BCUT2D eigenvalue weighted by Gasteiger charge is 2.20. The summed E-state index contributed by atoms with van der Waals surface area (Å²) in [5.74, 6) is 0.214. The molecule has 0 saturated heterocycles. The first-order valence-electron chi connectivity index (χ1n) is 9.88. The lowest BCUT2D eigenvalue weighted by Gasteiger charge is -2.21. The molecule has 0 spiro atoms. The number of hydrogen-bond acceptors (Lipinski definition) is 3. The zero-order valence-corrected chi connectivity index (χ0v) is 17.0. The third-order valence-corrected chi connectivity index (χ3v) is 4.87. The topological polar surface area (TPSA) is 58.6 Å². The molecule has 0 unspecified atom stereocenters. The Bertz CT molecular complexity index is 1010. The molecule has 0 radical (unpaired) electrons. The summed E-state index contributed by atoms with van der Waals surface area (Å²) in [5.41, 5.74) is 0.964. The smallest absolute Gasteiger partial charge is 0.265 e. The van der Waals surface area contributed by atoms with E-state index in [2.05, 4.69) is 5.32 Å². The molecule has 29 heavy (non-hydrogen) atoms. The third kappa shape index (κ3) is 4.74. The van der Waals surface area contributed by atoms with Gasteiger partial charge in [0.1, 0.15) is 5.75 Å². The van der Waals surface area contributed by atoms with Crippen LogP contribution in [-0.2, 0) is 4.79 Å². The van der Waals surface area contributed by atoms with E-state index < -0.39 is 6.10 Å². The van der Waals surface area contributed by atoms with Crippen molar-refractivity contribution in [3.8, 4) is 5.75 Å². The number of rotatable bonds is 7. The van der Waals surface area contributed by atoms with Crippen LogP contribution in [0.2, 0.25) is 0 Å². The second-order valence-electron chi connectivity index (χ2n) is 6.78. The number of hydrogen-bond donors (Lipinski definition) is 1. The molecule has 3 aromatic carbocycles. The highest BCUT2D eigenvalue weighted by Crippen LogP contribution is 2.22. The predicted octanol–water partition coefficient (Wildman–Crippen LogP) is 4.73. The van der Waals surface area contributed by atoms with Crippen molar-refractivity contribution in [1.82, 2.24) is 4.90 Å². The Balaban J connectivity index is 1.73. The second-order valence-corrected chi connectivity index (χ2v) is 6.78. The van der Waals surface area contributed by atoms with Crippen LogP contribution in [0, 0.1) is 0 Å². The minimum Gasteiger partial charge on any atom is -0.481 e. The molecule has 0 aliphatic carbocycles. The molecular weight excluding hydrogens is 364 g/mol. The lowest BCUT2D eigenvalue weighted by molar-refractivity contribution is -0.122. The van der Waals surface area contributed by atoms with Gasteiger partial charge < -0.3 is 15.0 Å². The lowest BCUT2D eigenvalue weighted by Crippen LogP contribution is -2.33. The monoisotopic (exact) mass is 390 g/mol. The predicted molar refractivity (Wildman–Crippen MR) is 116 cm³/mol. The van der Waals surface area contributed by atoms with Crippen molar-refractivity contribution in [2.45, 2.75) is 26.9 Å². The van der Waals surface area contributed by atoms with Crippen molar-refractivity contribution in [1.29, 1.82) is 0 Å². The highest BCUT2D eigenvalue weighted by atomic mass is 16.5. The first-order valence-corrected chi connectivity index (χ1v) is 9.88. The van der Waals surface area contributed by atoms with Gasteiger partial charge in [-0.05, 0) is 55.8 Å². The number of para-hydroxylation sites is 1. The zero-order valence-electron chi connectivity index (χ0n) is 17.0. The highest BCUT2D eigenvalue weighted by molar-refractivity contribution is 6.04. The maximum atomic E-state index is 12.7. The number of fused-ring (bicyclic) bond motifs is 1. The van der Waals surface area contributed by atoms with Crippen molar-refractivity contribution < 1.29 is 14.3 Å². The Morgan fingerprint density at radius 1 is 0.931 bits per heavy atom. The van der Waals surface area contributed by atoms with Crippen LogP contribution < -0.4 is 10.1 Å². The van der Waals surface area contributed by atoms with Gasteiger partial charge in [0, 0.05) is 13.1 Å². The Hall–Kier alpha value is -3.34. The van der Waals surface area contributed by atoms with Gasteiger partial charge in [0.05, 0.1) is 11.3 Å². The summed E-state index contributed by atoms with van der Waals surface area (Å²) in [6, 6.07) is 20.8. The van der Waals surface area contributed by atoms with Crippen molar-refractivity contribution >= 4 is 28.3 Å². The van der Waals surface area contributed by atoms with Gasteiger partial charge in [-0.15, -0.1) is 0 Å². The van der Waals surface area contributed by atoms with Crippen molar-refractivity contribution in [2.75, 3.05) is 18.4 Å². The van der Waals surface area contributed by atoms with Crippen LogP contribution in [0.3, 0.4) is 0 Å². The molecule has 5 nitrogen and oxygen atoms in total. The summed E-state index contributed by atoms with van der Waals surface area (Å²) in [5, 5.41) is 5.00. The fourth-order valence-electron chi connectivity index (χ4n) is 3.19. The van der Waals surface area contributed by atoms with Crippen LogP contribution in [0.25, 0.3) is 10.8 Å². The number of nitrogens with one attached hydrogen (secondary N) is 1. The SMILES string of the molecule is CCN(CC)C(=O)c1ccccc1NC(=O)[C@@H](C)Oc1ccc2ccccc2c1. The molecule has 0 aliphatic heterocycles. The molecule has 1 atom stereocenters. The Morgan fingerprint density at radius 2 is 1.59 bits per heavy atom. The molecule has 0 fully saturated rings. The first kappa shape index (κ1) is 20.4. The molecular formula is C24H26N2O3. The molecule has 150 valence electrons. The van der Waals surface area contributed by atoms with Crippen LogP contribution in [0.5, 0.6) is 5.75 Å². The van der Waals surface area contributed by atoms with E-state index in [9.17, 15) is 9.59 Å². The summed E-state index contributed by atoms with van der Waals surface area (Å²) in [4.78, 5) is 27.2. The maximum Gasteiger partial charge on any atom is 0.265 e. The summed E-state index contributed by atoms with van der Waals surface area (Å²) in [6.07, 6.45) is -0.715. The van der Waals surface area contributed by atoms with Crippen LogP contribution in [-0.4, -0.2) is 35.9 Å². The molecule has 5 heteroatoms. The Morgan fingerprint density at radius 3 is 2.31 bits per heavy atom. The number of carbonyl (C=O) groups is 2. The van der Waals surface area contributed by atoms with Crippen molar-refractivity contribution in [3.05, 3.63) is 72.3 Å². The van der Waals surface area contributed by atoms with E-state index in [4.69, 9.17) is 4.74 Å². The summed E-state index contributed by atoms with van der Waals surface area (Å²) in [6.45, 7) is 6.78. The van der Waals surface area contributed by atoms with E-state index in [-0.39, 0.29) is 11.8 Å². The van der Waals surface area contributed by atoms with Gasteiger partial charge in [0.15, 0.2) is 6.10 Å². The van der Waals surface area contributed by atoms with Gasteiger partial charge in [-0.2, -0.15) is 0 Å². The standard InChI is InChI=1S/C24H26N2O3/c1-4-26(5-2)24(28)21-12-8-9-13-22(21)25-23(27)17(3)29-20-15-14-18-10-6-7-11-19(18)16-20/h6-17H,4-5H2,1-3H3,(H,25,27)/t17-/m1/s1. The van der Waals surface area contributed by atoms with E-state index >= 15 is 0 Å². The number of carbonyl (C=O) groups excluding carboxylic acids is 2. The molecule has 0 heterocycles. The zero-order chi connectivity index (χ0) is 20.8. The largest absolute Gasteiger partial charge is 0.481 e. The fraction of sp³-hybridized carbons (Fsp3) is 0.250. The summed E-state index contributed by atoms with van der Waals surface area (Å²) in [7, 11) is 0. The van der Waals surface area contributed by atoms with Crippen LogP contribution in [0.4, 0.5) is 5.69 Å². The van der Waals surface area contributed by atoms with Crippen LogP contribution >= 0.6 is 0 Å². The van der Waals surface area contributed by atoms with Gasteiger partial charge in [0.2, 0.25) is 0 Å². The molecule has 0 saturated carbocycles. The molecule has 0 aromatic heterocycles. The average Bonchev–Trinajstić information content (AvgIpc) is 2.74. The number of nitrogens with zero attached hydrogens (tertiary/aromatic N) is 1. The normalized spacial score (nSPS) is 11.7. The quantitative estimate of drug-likeness (QED) is 0.635. The first-order chi connectivity index (χ1) is 14.0. The molecule has 2 amide bonds. The van der Waals surface area contributed by atoms with E-state index in [1.54, 1.807) is 36.1 Å². The van der Waals surface area contributed by atoms with E-state index in [0.717, 1.165) is 10.8 Å². The van der Waals surface area contributed by atoms with Gasteiger partial charge in [-0.1, -0.05) is 42.5 Å². The van der Waals surface area contributed by atoms with Crippen LogP contribution in [0.15, 0.2) is 66.7 Å². The van der Waals surface area contributed by atoms with E-state index in [0.29, 0.717) is 30.1 Å². The van der Waals surface area contributed by atoms with Crippen LogP contribution in [0.1, 0.15) is 31.1 Å². The number of ether oxygens (including phenoxy) is 1.